The molecule has 49 heavy (non-hydrogen) atoms. The Morgan fingerprint density at radius 2 is 0.592 bits per heavy atom. The molecule has 10 heteroatoms. The van der Waals surface area contributed by atoms with Gasteiger partial charge in [-0.3, -0.25) is 15.0 Å². The van der Waals surface area contributed by atoms with Crippen molar-refractivity contribution < 1.29 is 0 Å². The number of nitrogens with zero attached hydrogens (tertiary/aromatic N) is 4. The van der Waals surface area contributed by atoms with Gasteiger partial charge < -0.3 is 4.90 Å². The van der Waals surface area contributed by atoms with Gasteiger partial charge in [-0.15, -0.1) is 0 Å². The largest absolute Gasteiger partial charge is 0.311 e. The highest BCUT2D eigenvalue weighted by Crippen LogP contribution is 2.35. The Morgan fingerprint density at radius 1 is 0.327 bits per heavy atom. The molecule has 0 fully saturated rings. The van der Waals surface area contributed by atoms with Crippen molar-refractivity contribution >= 4 is 188 Å². The SMILES string of the molecule is Ic1ccc(N=Cc2ccc(N(c3ccc(C=Nc4ccc(I)c(I)c4)cc3)c3ccc(C=Nc4ccc(I)c(I)c4)cc3)cc2)cc1I. The fourth-order valence-corrected chi connectivity index (χ4v) is 7.22. The van der Waals surface area contributed by atoms with Gasteiger partial charge in [-0.1, -0.05) is 36.4 Å². The summed E-state index contributed by atoms with van der Waals surface area (Å²) in [6.45, 7) is 0. The van der Waals surface area contributed by atoms with Crippen LogP contribution in [0.1, 0.15) is 16.7 Å². The lowest BCUT2D eigenvalue weighted by molar-refractivity contribution is 1.28. The fourth-order valence-electron chi connectivity index (χ4n) is 4.72. The molecule has 0 aliphatic rings. The number of hydrogen-bond acceptors (Lipinski definition) is 4. The van der Waals surface area contributed by atoms with Gasteiger partial charge in [0, 0.05) is 57.1 Å². The van der Waals surface area contributed by atoms with Crippen molar-refractivity contribution in [3.8, 4) is 0 Å². The van der Waals surface area contributed by atoms with Crippen LogP contribution in [-0.2, 0) is 0 Å². The first-order valence-electron chi connectivity index (χ1n) is 14.8. The van der Waals surface area contributed by atoms with Gasteiger partial charge in [-0.2, -0.15) is 0 Å². The van der Waals surface area contributed by atoms with Gasteiger partial charge in [-0.25, -0.2) is 0 Å². The minimum Gasteiger partial charge on any atom is -0.311 e. The van der Waals surface area contributed by atoms with Crippen LogP contribution in [0.3, 0.4) is 0 Å². The summed E-state index contributed by atoms with van der Waals surface area (Å²) in [6, 6.07) is 44.2. The Hall–Kier alpha value is -1.49. The van der Waals surface area contributed by atoms with Crippen molar-refractivity contribution in [1.82, 2.24) is 0 Å². The molecule has 0 radical (unpaired) electrons. The van der Waals surface area contributed by atoms with Crippen LogP contribution in [0.25, 0.3) is 0 Å². The summed E-state index contributed by atoms with van der Waals surface area (Å²) in [5.41, 5.74) is 9.06. The maximum Gasteiger partial charge on any atom is 0.0641 e. The van der Waals surface area contributed by atoms with E-state index in [0.717, 1.165) is 50.8 Å². The normalized spacial score (nSPS) is 11.6. The highest BCUT2D eigenvalue weighted by molar-refractivity contribution is 14.1. The summed E-state index contributed by atoms with van der Waals surface area (Å²) in [5.74, 6) is 0. The van der Waals surface area contributed by atoms with Gasteiger partial charge in [0.25, 0.3) is 0 Å². The van der Waals surface area contributed by atoms with Crippen LogP contribution >= 0.6 is 136 Å². The molecule has 0 heterocycles. The summed E-state index contributed by atoms with van der Waals surface area (Å²) in [4.78, 5) is 16.4. The van der Waals surface area contributed by atoms with E-state index in [0.29, 0.717) is 0 Å². The van der Waals surface area contributed by atoms with E-state index in [-0.39, 0.29) is 0 Å². The second-order valence-corrected chi connectivity index (χ2v) is 17.7. The van der Waals surface area contributed by atoms with Crippen LogP contribution in [0.15, 0.2) is 142 Å². The summed E-state index contributed by atoms with van der Waals surface area (Å²) in [6.07, 6.45) is 5.74. The zero-order valence-corrected chi connectivity index (χ0v) is 38.4. The van der Waals surface area contributed by atoms with Crippen molar-refractivity contribution in [3.63, 3.8) is 0 Å². The van der Waals surface area contributed by atoms with E-state index in [9.17, 15) is 0 Å². The predicted molar refractivity (Wildman–Crippen MR) is 259 cm³/mol. The monoisotopic (exact) mass is 1310 g/mol. The fraction of sp³-hybridized carbons (Fsp3) is 0. The molecule has 0 saturated heterocycles. The van der Waals surface area contributed by atoms with Crippen molar-refractivity contribution in [1.29, 1.82) is 0 Å². The standard InChI is InChI=1S/C39H24I6N4/c40-34-16-7-28(19-37(34)43)46-22-25-1-10-31(11-2-25)49(32-12-3-26(4-13-32)23-47-29-8-17-35(41)38(44)20-29)33-14-5-27(6-15-33)24-48-30-9-18-36(42)39(45)21-30/h1-24H. The molecule has 0 aliphatic heterocycles. The number of aliphatic imine (C=N–C) groups is 3. The van der Waals surface area contributed by atoms with Crippen molar-refractivity contribution in [2.24, 2.45) is 15.0 Å². The third kappa shape index (κ3) is 10.3. The molecule has 0 spiro atoms. The van der Waals surface area contributed by atoms with E-state index in [2.05, 4.69) is 250 Å². The molecule has 0 bridgehead atoms. The van der Waals surface area contributed by atoms with Crippen LogP contribution in [0, 0.1) is 21.4 Å². The first-order valence-corrected chi connectivity index (χ1v) is 21.3. The van der Waals surface area contributed by atoms with Crippen molar-refractivity contribution in [2.45, 2.75) is 0 Å². The third-order valence-corrected chi connectivity index (χ3v) is 15.8. The number of hydrogen-bond donors (Lipinski definition) is 0. The average Bonchev–Trinajstić information content (AvgIpc) is 3.11. The quantitative estimate of drug-likeness (QED) is 0.105. The molecule has 0 N–H and O–H groups in total. The van der Waals surface area contributed by atoms with E-state index in [1.807, 2.05) is 36.8 Å². The van der Waals surface area contributed by atoms with Crippen LogP contribution < -0.4 is 4.90 Å². The van der Waals surface area contributed by atoms with Gasteiger partial charge in [-0.05, 0) is 243 Å². The van der Waals surface area contributed by atoms with Gasteiger partial charge in [0.15, 0.2) is 0 Å². The summed E-state index contributed by atoms with van der Waals surface area (Å²) >= 11 is 14.1. The van der Waals surface area contributed by atoms with Crippen LogP contribution in [-0.4, -0.2) is 18.6 Å². The first kappa shape index (κ1) is 37.3. The topological polar surface area (TPSA) is 40.3 Å². The van der Waals surface area contributed by atoms with Crippen molar-refractivity contribution in [2.75, 3.05) is 4.90 Å². The molecule has 6 rings (SSSR count). The Bertz CT molecular complexity index is 1930. The van der Waals surface area contributed by atoms with Gasteiger partial charge in [0.2, 0.25) is 0 Å². The maximum atomic E-state index is 4.71. The second kappa shape index (κ2) is 17.8. The molecule has 0 aliphatic carbocycles. The molecule has 6 aromatic rings. The molecule has 0 atom stereocenters. The van der Waals surface area contributed by atoms with Gasteiger partial charge in [0.05, 0.1) is 17.1 Å². The Kier molecular flexibility index (Phi) is 13.6. The lowest BCUT2D eigenvalue weighted by atomic mass is 10.1. The zero-order valence-electron chi connectivity index (χ0n) is 25.4. The van der Waals surface area contributed by atoms with Gasteiger partial charge in [0.1, 0.15) is 0 Å². The Balaban J connectivity index is 1.27. The molecular formula is C39H24I6N4. The highest BCUT2D eigenvalue weighted by Gasteiger charge is 2.13. The van der Waals surface area contributed by atoms with E-state index < -0.39 is 0 Å². The molecule has 0 unspecified atom stereocenters. The summed E-state index contributed by atoms with van der Waals surface area (Å²) < 4.78 is 7.27. The zero-order chi connectivity index (χ0) is 34.3. The minimum atomic E-state index is 0.941. The average molecular weight is 1310 g/mol. The molecule has 0 amide bonds. The maximum absolute atomic E-state index is 4.71. The molecular weight excluding hydrogens is 1290 g/mol. The van der Waals surface area contributed by atoms with E-state index >= 15 is 0 Å². The number of rotatable bonds is 9. The second-order valence-electron chi connectivity index (χ2n) is 10.7. The van der Waals surface area contributed by atoms with E-state index in [4.69, 9.17) is 15.0 Å². The van der Waals surface area contributed by atoms with Crippen molar-refractivity contribution in [3.05, 3.63) is 166 Å². The van der Waals surface area contributed by atoms with E-state index in [1.165, 1.54) is 21.4 Å². The molecule has 0 saturated carbocycles. The Labute approximate surface area is 368 Å². The highest BCUT2D eigenvalue weighted by atomic mass is 127. The summed E-state index contributed by atoms with van der Waals surface area (Å²) in [7, 11) is 0. The molecule has 242 valence electrons. The summed E-state index contributed by atoms with van der Waals surface area (Å²) in [5, 5.41) is 0. The number of anilines is 3. The van der Waals surface area contributed by atoms with Crippen LogP contribution in [0.4, 0.5) is 34.1 Å². The molecule has 0 aromatic heterocycles. The van der Waals surface area contributed by atoms with Crippen LogP contribution in [0.2, 0.25) is 0 Å². The number of halogens is 6. The Morgan fingerprint density at radius 3 is 0.837 bits per heavy atom. The smallest absolute Gasteiger partial charge is 0.0641 e. The number of benzene rings is 6. The molecule has 4 nitrogen and oxygen atoms in total. The first-order chi connectivity index (χ1) is 23.7. The van der Waals surface area contributed by atoms with Crippen LogP contribution in [0.5, 0.6) is 0 Å². The third-order valence-electron chi connectivity index (χ3n) is 7.25. The van der Waals surface area contributed by atoms with Gasteiger partial charge >= 0.3 is 0 Å². The lowest BCUT2D eigenvalue weighted by Crippen LogP contribution is -2.10. The minimum absolute atomic E-state index is 0.941. The molecule has 6 aromatic carbocycles. The lowest BCUT2D eigenvalue weighted by Gasteiger charge is -2.25. The van der Waals surface area contributed by atoms with E-state index in [1.54, 1.807) is 0 Å². The predicted octanol–water partition coefficient (Wildman–Crippen LogP) is 14.0.